The van der Waals surface area contributed by atoms with Crippen molar-refractivity contribution < 1.29 is 4.79 Å². The predicted octanol–water partition coefficient (Wildman–Crippen LogP) is 2.90. The Morgan fingerprint density at radius 2 is 2.33 bits per heavy atom. The number of carbonyl (C=O) groups is 1. The number of carbonyl (C=O) groups excluding carboxylic acids is 1. The van der Waals surface area contributed by atoms with E-state index in [0.29, 0.717) is 5.56 Å². The topological polar surface area (TPSA) is 74.2 Å². The van der Waals surface area contributed by atoms with Crippen LogP contribution < -0.4 is 10.6 Å². The third-order valence-electron chi connectivity index (χ3n) is 3.99. The van der Waals surface area contributed by atoms with Crippen LogP contribution in [0, 0.1) is 0 Å². The molecule has 0 spiro atoms. The van der Waals surface area contributed by atoms with Gasteiger partial charge in [0.1, 0.15) is 4.83 Å². The van der Waals surface area contributed by atoms with Crippen LogP contribution in [0.25, 0.3) is 15.3 Å². The van der Waals surface area contributed by atoms with Crippen LogP contribution in [-0.4, -0.2) is 26.5 Å². The van der Waals surface area contributed by atoms with E-state index in [1.54, 1.807) is 22.0 Å². The number of hydrogen-bond acceptors (Lipinski definition) is 4. The lowest BCUT2D eigenvalue weighted by molar-refractivity contribution is 0.0965. The highest BCUT2D eigenvalue weighted by atomic mass is 32.1. The lowest BCUT2D eigenvalue weighted by atomic mass is 10.1. The summed E-state index contributed by atoms with van der Waals surface area (Å²) in [6.07, 6.45) is 11.3. The monoisotopic (exact) mass is 339 g/mol. The molecule has 1 aliphatic heterocycles. The summed E-state index contributed by atoms with van der Waals surface area (Å²) in [5, 5.41) is 10.5. The number of nitrogens with zero attached hydrogens (tertiary/aromatic N) is 2. The van der Waals surface area contributed by atoms with Crippen LogP contribution in [0.1, 0.15) is 24.2 Å². The van der Waals surface area contributed by atoms with Crippen molar-refractivity contribution in [3.63, 3.8) is 0 Å². The first-order valence-electron chi connectivity index (χ1n) is 7.68. The molecule has 4 heterocycles. The molecule has 0 bridgehead atoms. The summed E-state index contributed by atoms with van der Waals surface area (Å²) in [5.41, 5.74) is 3.61. The first kappa shape index (κ1) is 14.8. The fourth-order valence-electron chi connectivity index (χ4n) is 2.65. The maximum absolute atomic E-state index is 12.7. The van der Waals surface area contributed by atoms with Crippen molar-refractivity contribution in [2.75, 3.05) is 0 Å². The molecule has 4 rings (SSSR count). The Labute approximate surface area is 142 Å². The molecule has 0 radical (unpaired) electrons. The van der Waals surface area contributed by atoms with E-state index in [0.717, 1.165) is 26.5 Å². The fourth-order valence-corrected chi connectivity index (χ4v) is 3.71. The molecule has 1 unspecified atom stereocenters. The van der Waals surface area contributed by atoms with E-state index in [1.807, 2.05) is 50.8 Å². The summed E-state index contributed by atoms with van der Waals surface area (Å²) >= 11 is 1.55. The molecule has 122 valence electrons. The van der Waals surface area contributed by atoms with E-state index in [-0.39, 0.29) is 11.9 Å². The minimum atomic E-state index is -0.137. The second kappa shape index (κ2) is 5.68. The molecule has 0 saturated carbocycles. The molecule has 0 fully saturated rings. The third-order valence-corrected chi connectivity index (χ3v) is 5.15. The van der Waals surface area contributed by atoms with Crippen LogP contribution in [0.4, 0.5) is 0 Å². The smallest absolute Gasteiger partial charge is 0.260 e. The van der Waals surface area contributed by atoms with Gasteiger partial charge in [0.15, 0.2) is 0 Å². The Balaban J connectivity index is 1.64. The first-order valence-corrected chi connectivity index (χ1v) is 8.49. The quantitative estimate of drug-likeness (QED) is 0.687. The zero-order valence-electron chi connectivity index (χ0n) is 13.3. The molecule has 3 N–H and O–H groups in total. The molecular weight excluding hydrogens is 322 g/mol. The highest BCUT2D eigenvalue weighted by Gasteiger charge is 2.20. The largest absolute Gasteiger partial charge is 0.383 e. The zero-order chi connectivity index (χ0) is 16.7. The molecule has 1 amide bonds. The van der Waals surface area contributed by atoms with Gasteiger partial charge in [0, 0.05) is 29.9 Å². The number of amides is 1. The number of fused-ring (bicyclic) bond motifs is 1. The minimum absolute atomic E-state index is 0.0717. The van der Waals surface area contributed by atoms with Gasteiger partial charge in [-0.25, -0.2) is 4.52 Å². The van der Waals surface area contributed by atoms with Gasteiger partial charge in [0.05, 0.1) is 22.7 Å². The van der Waals surface area contributed by atoms with Crippen molar-refractivity contribution >= 4 is 22.1 Å². The van der Waals surface area contributed by atoms with Gasteiger partial charge >= 0.3 is 0 Å². The molecule has 0 aromatic carbocycles. The van der Waals surface area contributed by atoms with Gasteiger partial charge in [-0.3, -0.25) is 4.79 Å². The summed E-state index contributed by atoms with van der Waals surface area (Å²) in [4.78, 5) is 17.6. The predicted molar refractivity (Wildman–Crippen MR) is 94.8 cm³/mol. The third kappa shape index (κ3) is 2.52. The summed E-state index contributed by atoms with van der Waals surface area (Å²) < 4.78 is 1.75. The van der Waals surface area contributed by atoms with Gasteiger partial charge in [0.2, 0.25) is 0 Å². The Morgan fingerprint density at radius 3 is 3.12 bits per heavy atom. The van der Waals surface area contributed by atoms with Gasteiger partial charge in [-0.15, -0.1) is 11.3 Å². The van der Waals surface area contributed by atoms with Crippen LogP contribution >= 0.6 is 11.3 Å². The molecule has 3 aromatic rings. The molecule has 0 saturated heterocycles. The number of H-pyrrole nitrogens is 1. The second-order valence-electron chi connectivity index (χ2n) is 5.83. The van der Waals surface area contributed by atoms with E-state index in [9.17, 15) is 4.79 Å². The summed E-state index contributed by atoms with van der Waals surface area (Å²) in [7, 11) is 0. The van der Waals surface area contributed by atoms with Crippen LogP contribution in [0.3, 0.4) is 0 Å². The van der Waals surface area contributed by atoms with Crippen molar-refractivity contribution in [2.24, 2.45) is 0 Å². The molecule has 1 aliphatic rings. The lowest BCUT2D eigenvalue weighted by Gasteiger charge is -2.21. The number of aromatic nitrogens is 3. The zero-order valence-corrected chi connectivity index (χ0v) is 14.1. The van der Waals surface area contributed by atoms with E-state index in [1.165, 1.54) is 0 Å². The summed E-state index contributed by atoms with van der Waals surface area (Å²) in [6.45, 7) is 4.00. The number of allylic oxidation sites excluding steroid dienone is 2. The Hall–Kier alpha value is -2.80. The Morgan fingerprint density at radius 1 is 1.46 bits per heavy atom. The van der Waals surface area contributed by atoms with Crippen molar-refractivity contribution in [1.29, 1.82) is 0 Å². The van der Waals surface area contributed by atoms with Crippen molar-refractivity contribution in [3.8, 4) is 10.4 Å². The number of dihydropyridines is 1. The molecule has 24 heavy (non-hydrogen) atoms. The summed E-state index contributed by atoms with van der Waals surface area (Å²) in [6, 6.07) is 2.07. The first-order chi connectivity index (χ1) is 11.6. The van der Waals surface area contributed by atoms with E-state index in [4.69, 9.17) is 0 Å². The van der Waals surface area contributed by atoms with Crippen molar-refractivity contribution in [3.05, 3.63) is 60.0 Å². The number of aromatic amines is 1. The average Bonchev–Trinajstić information content (AvgIpc) is 3.25. The molecule has 6 nitrogen and oxygen atoms in total. The number of thiazole rings is 1. The van der Waals surface area contributed by atoms with Crippen molar-refractivity contribution in [2.45, 2.75) is 19.9 Å². The van der Waals surface area contributed by atoms with E-state index < -0.39 is 0 Å². The maximum atomic E-state index is 12.7. The standard InChI is InChI=1S/C17H17N5OS/c1-10-5-14(11(2)19-6-10)21-16(23)13-8-20-22-9-15(24-17(13)22)12-3-4-18-7-12/h3-9,11,18-19H,1-2H3,(H,21,23). The molecule has 0 aliphatic carbocycles. The van der Waals surface area contributed by atoms with Crippen LogP contribution in [-0.2, 0) is 0 Å². The van der Waals surface area contributed by atoms with Crippen LogP contribution in [0.15, 0.2) is 54.4 Å². The fraction of sp³-hybridized carbons (Fsp3) is 0.176. The number of nitrogens with one attached hydrogen (secondary N) is 3. The molecule has 1 atom stereocenters. The average molecular weight is 339 g/mol. The van der Waals surface area contributed by atoms with E-state index >= 15 is 0 Å². The second-order valence-corrected chi connectivity index (χ2v) is 6.86. The highest BCUT2D eigenvalue weighted by molar-refractivity contribution is 7.21. The molecular formula is C17H17N5OS. The van der Waals surface area contributed by atoms with Gasteiger partial charge in [0.25, 0.3) is 5.91 Å². The molecule has 3 aromatic heterocycles. The van der Waals surface area contributed by atoms with Crippen molar-refractivity contribution in [1.82, 2.24) is 25.2 Å². The van der Waals surface area contributed by atoms with Crippen LogP contribution in [0.2, 0.25) is 0 Å². The molecule has 7 heteroatoms. The van der Waals surface area contributed by atoms with Gasteiger partial charge in [-0.05, 0) is 37.8 Å². The lowest BCUT2D eigenvalue weighted by Crippen LogP contribution is -2.36. The highest BCUT2D eigenvalue weighted by Crippen LogP contribution is 2.30. The number of rotatable bonds is 3. The maximum Gasteiger partial charge on any atom is 0.260 e. The normalized spacial score (nSPS) is 17.3. The van der Waals surface area contributed by atoms with Gasteiger partial charge in [-0.1, -0.05) is 0 Å². The van der Waals surface area contributed by atoms with Gasteiger partial charge < -0.3 is 15.6 Å². The number of hydrogen-bond donors (Lipinski definition) is 3. The Kier molecular flexibility index (Phi) is 3.50. The Bertz CT molecular complexity index is 961. The van der Waals surface area contributed by atoms with E-state index in [2.05, 4.69) is 20.7 Å². The van der Waals surface area contributed by atoms with Gasteiger partial charge in [-0.2, -0.15) is 5.10 Å². The minimum Gasteiger partial charge on any atom is -0.383 e. The van der Waals surface area contributed by atoms with Crippen LogP contribution in [0.5, 0.6) is 0 Å². The summed E-state index contributed by atoms with van der Waals surface area (Å²) in [5.74, 6) is -0.137. The SMILES string of the molecule is CC1=CNC(C)C(NC(=O)c2cnn3cc(-c4cc[nH]c4)sc23)=C1.